The summed E-state index contributed by atoms with van der Waals surface area (Å²) in [6.45, 7) is 5.71. The van der Waals surface area contributed by atoms with Gasteiger partial charge in [-0.3, -0.25) is 9.29 Å². The van der Waals surface area contributed by atoms with Gasteiger partial charge in [-0.2, -0.15) is 8.42 Å². The number of hydrogen-bond donors (Lipinski definition) is 1. The van der Waals surface area contributed by atoms with E-state index in [0.29, 0.717) is 22.8 Å². The number of carboxylic acid groups (broad SMARTS) is 1. The SMILES string of the molecule is Cc1csc(S(=O)(=O)N(Cc2ccccn2)c2cc(C)c(C)cc2OCc2ccc(C(=O)O)cc2)n1. The van der Waals surface area contributed by atoms with Crippen molar-refractivity contribution < 1.29 is 23.1 Å². The van der Waals surface area contributed by atoms with Crippen molar-refractivity contribution in [2.24, 2.45) is 0 Å². The molecule has 36 heavy (non-hydrogen) atoms. The number of anilines is 1. The molecule has 0 spiro atoms. The highest BCUT2D eigenvalue weighted by Gasteiger charge is 2.31. The number of aromatic carboxylic acids is 1. The van der Waals surface area contributed by atoms with E-state index >= 15 is 0 Å². The first-order valence-electron chi connectivity index (χ1n) is 11.1. The summed E-state index contributed by atoms with van der Waals surface area (Å²) in [6.07, 6.45) is 1.62. The minimum absolute atomic E-state index is 0.00598. The van der Waals surface area contributed by atoms with Crippen molar-refractivity contribution >= 4 is 33.0 Å². The van der Waals surface area contributed by atoms with Gasteiger partial charge >= 0.3 is 5.97 Å². The summed E-state index contributed by atoms with van der Waals surface area (Å²) in [5.41, 5.74) is 4.34. The minimum atomic E-state index is -4.03. The predicted octanol–water partition coefficient (Wildman–Crippen LogP) is 5.14. The van der Waals surface area contributed by atoms with Crippen molar-refractivity contribution in [3.63, 3.8) is 0 Å². The Morgan fingerprint density at radius 3 is 2.39 bits per heavy atom. The van der Waals surface area contributed by atoms with E-state index in [2.05, 4.69) is 9.97 Å². The van der Waals surface area contributed by atoms with Crippen molar-refractivity contribution in [3.05, 3.63) is 99.8 Å². The van der Waals surface area contributed by atoms with Crippen LogP contribution in [-0.4, -0.2) is 29.5 Å². The molecule has 4 aromatic rings. The van der Waals surface area contributed by atoms with Crippen LogP contribution in [0.3, 0.4) is 0 Å². The van der Waals surface area contributed by atoms with Crippen molar-refractivity contribution in [3.8, 4) is 5.75 Å². The maximum absolute atomic E-state index is 13.8. The maximum atomic E-state index is 13.8. The van der Waals surface area contributed by atoms with Gasteiger partial charge in [-0.05, 0) is 73.9 Å². The van der Waals surface area contributed by atoms with Gasteiger partial charge in [0.25, 0.3) is 10.0 Å². The molecule has 0 unspecified atom stereocenters. The van der Waals surface area contributed by atoms with Crippen molar-refractivity contribution in [2.75, 3.05) is 4.31 Å². The Morgan fingerprint density at radius 2 is 1.78 bits per heavy atom. The van der Waals surface area contributed by atoms with E-state index in [-0.39, 0.29) is 23.1 Å². The van der Waals surface area contributed by atoms with Crippen molar-refractivity contribution in [1.29, 1.82) is 0 Å². The molecule has 0 atom stereocenters. The number of rotatable bonds is 9. The molecular formula is C26H25N3O5S2. The van der Waals surface area contributed by atoms with Gasteiger partial charge in [-0.25, -0.2) is 9.78 Å². The van der Waals surface area contributed by atoms with Gasteiger partial charge in [0, 0.05) is 17.3 Å². The third kappa shape index (κ3) is 5.55. The Kier molecular flexibility index (Phi) is 7.37. The first-order chi connectivity index (χ1) is 17.1. The van der Waals surface area contributed by atoms with Crippen LogP contribution in [0.2, 0.25) is 0 Å². The molecule has 10 heteroatoms. The third-order valence-corrected chi connectivity index (χ3v) is 8.69. The zero-order valence-electron chi connectivity index (χ0n) is 20.0. The van der Waals surface area contributed by atoms with Gasteiger partial charge in [0.05, 0.1) is 23.5 Å². The summed E-state index contributed by atoms with van der Waals surface area (Å²) in [5.74, 6) is -0.625. The van der Waals surface area contributed by atoms with Gasteiger partial charge in [0.15, 0.2) is 0 Å². The number of ether oxygens (including phenoxy) is 1. The van der Waals surface area contributed by atoms with E-state index in [1.165, 1.54) is 16.4 Å². The average Bonchev–Trinajstić information content (AvgIpc) is 3.31. The van der Waals surface area contributed by atoms with Crippen LogP contribution in [0.25, 0.3) is 0 Å². The number of aryl methyl sites for hydroxylation is 3. The van der Waals surface area contributed by atoms with Crippen molar-refractivity contribution in [2.45, 2.75) is 38.3 Å². The molecule has 4 rings (SSSR count). The molecule has 2 aromatic heterocycles. The molecule has 2 aromatic carbocycles. The lowest BCUT2D eigenvalue weighted by Gasteiger charge is -2.26. The molecule has 0 fully saturated rings. The zero-order chi connectivity index (χ0) is 25.9. The first-order valence-corrected chi connectivity index (χ1v) is 13.4. The van der Waals surface area contributed by atoms with Crippen LogP contribution in [-0.2, 0) is 23.2 Å². The highest BCUT2D eigenvalue weighted by molar-refractivity contribution is 7.94. The van der Waals surface area contributed by atoms with Gasteiger partial charge in [-0.1, -0.05) is 18.2 Å². The van der Waals surface area contributed by atoms with E-state index in [0.717, 1.165) is 28.0 Å². The highest BCUT2D eigenvalue weighted by Crippen LogP contribution is 2.37. The number of carbonyl (C=O) groups is 1. The standard InChI is InChI=1S/C26H25N3O5S2/c1-17-12-23(24(13-18(17)2)34-15-20-7-9-21(10-8-20)25(30)31)29(14-22-6-4-5-11-27-22)36(32,33)26-28-19(3)16-35-26/h4-13,16H,14-15H2,1-3H3,(H,30,31). The highest BCUT2D eigenvalue weighted by atomic mass is 32.2. The third-order valence-electron chi connectivity index (χ3n) is 5.58. The molecule has 0 amide bonds. The van der Waals surface area contributed by atoms with E-state index < -0.39 is 16.0 Å². The largest absolute Gasteiger partial charge is 0.487 e. The lowest BCUT2D eigenvalue weighted by atomic mass is 10.1. The fraction of sp³-hybridized carbons (Fsp3) is 0.192. The monoisotopic (exact) mass is 523 g/mol. The molecule has 0 aliphatic rings. The molecular weight excluding hydrogens is 498 g/mol. The quantitative estimate of drug-likeness (QED) is 0.324. The average molecular weight is 524 g/mol. The predicted molar refractivity (Wildman–Crippen MR) is 138 cm³/mol. The molecule has 186 valence electrons. The zero-order valence-corrected chi connectivity index (χ0v) is 21.6. The van der Waals surface area contributed by atoms with Gasteiger partial charge in [0.2, 0.25) is 4.34 Å². The number of carboxylic acids is 1. The van der Waals surface area contributed by atoms with E-state index in [9.17, 15) is 13.2 Å². The first kappa shape index (κ1) is 25.3. The summed E-state index contributed by atoms with van der Waals surface area (Å²) in [6, 6.07) is 15.3. The maximum Gasteiger partial charge on any atom is 0.335 e. The van der Waals surface area contributed by atoms with Crippen LogP contribution in [0.5, 0.6) is 5.75 Å². The molecule has 0 saturated carbocycles. The van der Waals surface area contributed by atoms with E-state index in [4.69, 9.17) is 9.84 Å². The Labute approximate surface area is 213 Å². The second-order valence-electron chi connectivity index (χ2n) is 8.28. The Hall–Kier alpha value is -3.76. The molecule has 0 aliphatic heterocycles. The molecule has 0 bridgehead atoms. The Balaban J connectivity index is 1.76. The van der Waals surface area contributed by atoms with Crippen LogP contribution in [0, 0.1) is 20.8 Å². The second kappa shape index (κ2) is 10.5. The Morgan fingerprint density at radius 1 is 1.06 bits per heavy atom. The summed E-state index contributed by atoms with van der Waals surface area (Å²) in [7, 11) is -4.03. The molecule has 0 radical (unpaired) electrons. The molecule has 0 aliphatic carbocycles. The number of sulfonamides is 1. The summed E-state index contributed by atoms with van der Waals surface area (Å²) in [5, 5.41) is 10.8. The molecule has 2 heterocycles. The topological polar surface area (TPSA) is 110 Å². The Bertz CT molecular complexity index is 1480. The van der Waals surface area contributed by atoms with Gasteiger partial charge < -0.3 is 9.84 Å². The fourth-order valence-electron chi connectivity index (χ4n) is 3.47. The molecule has 8 nitrogen and oxygen atoms in total. The van der Waals surface area contributed by atoms with E-state index in [1.54, 1.807) is 54.9 Å². The molecule has 0 saturated heterocycles. The van der Waals surface area contributed by atoms with E-state index in [1.807, 2.05) is 19.9 Å². The van der Waals surface area contributed by atoms with Crippen LogP contribution in [0.4, 0.5) is 5.69 Å². The normalized spacial score (nSPS) is 11.3. The summed E-state index contributed by atoms with van der Waals surface area (Å²) in [4.78, 5) is 19.7. The van der Waals surface area contributed by atoms with Crippen LogP contribution >= 0.6 is 11.3 Å². The lowest BCUT2D eigenvalue weighted by Crippen LogP contribution is -2.31. The van der Waals surface area contributed by atoms with Gasteiger partial charge in [0.1, 0.15) is 12.4 Å². The van der Waals surface area contributed by atoms with Crippen LogP contribution < -0.4 is 9.04 Å². The number of hydrogen-bond acceptors (Lipinski definition) is 7. The summed E-state index contributed by atoms with van der Waals surface area (Å²) < 4.78 is 35.0. The van der Waals surface area contributed by atoms with Crippen molar-refractivity contribution in [1.82, 2.24) is 9.97 Å². The number of thiazole rings is 1. The number of benzene rings is 2. The number of pyridine rings is 1. The number of nitrogens with zero attached hydrogens (tertiary/aromatic N) is 3. The molecule has 1 N–H and O–H groups in total. The van der Waals surface area contributed by atoms with Crippen LogP contribution in [0.15, 0.2) is 70.5 Å². The summed E-state index contributed by atoms with van der Waals surface area (Å²) >= 11 is 1.07. The fourth-order valence-corrected chi connectivity index (χ4v) is 6.05. The second-order valence-corrected chi connectivity index (χ2v) is 11.2. The minimum Gasteiger partial charge on any atom is -0.487 e. The van der Waals surface area contributed by atoms with Crippen LogP contribution in [0.1, 0.15) is 38.4 Å². The number of aromatic nitrogens is 2. The smallest absolute Gasteiger partial charge is 0.335 e. The van der Waals surface area contributed by atoms with Gasteiger partial charge in [-0.15, -0.1) is 11.3 Å². The lowest BCUT2D eigenvalue weighted by molar-refractivity contribution is 0.0697.